The van der Waals surface area contributed by atoms with Crippen molar-refractivity contribution in [1.29, 1.82) is 0 Å². The van der Waals surface area contributed by atoms with Gasteiger partial charge in [0.25, 0.3) is 0 Å². The highest BCUT2D eigenvalue weighted by molar-refractivity contribution is 9.10. The molecule has 0 amide bonds. The minimum absolute atomic E-state index is 0.482. The van der Waals surface area contributed by atoms with Gasteiger partial charge in [0.1, 0.15) is 10.1 Å². The predicted octanol–water partition coefficient (Wildman–Crippen LogP) is 3.44. The van der Waals surface area contributed by atoms with Crippen molar-refractivity contribution in [3.05, 3.63) is 46.7 Å². The number of hydrogen-bond donors (Lipinski definition) is 1. The molecule has 1 atom stereocenters. The zero-order valence-corrected chi connectivity index (χ0v) is 11.6. The Bertz CT molecular complexity index is 519. The number of hydrogen-bond acceptors (Lipinski definition) is 4. The third kappa shape index (κ3) is 3.28. The van der Waals surface area contributed by atoms with Gasteiger partial charge in [-0.2, -0.15) is 0 Å². The summed E-state index contributed by atoms with van der Waals surface area (Å²) in [6, 6.07) is 7.49. The molecule has 2 aromatic rings. The first kappa shape index (κ1) is 12.5. The molecule has 17 heavy (non-hydrogen) atoms. The van der Waals surface area contributed by atoms with Gasteiger partial charge in [-0.3, -0.25) is 0 Å². The molecule has 0 aromatic carbocycles. The van der Waals surface area contributed by atoms with Gasteiger partial charge in [-0.15, -0.1) is 0 Å². The highest BCUT2D eigenvalue weighted by Gasteiger charge is 2.07. The summed E-state index contributed by atoms with van der Waals surface area (Å²) in [4.78, 5) is 8.51. The molecule has 0 aliphatic rings. The summed E-state index contributed by atoms with van der Waals surface area (Å²) < 4.78 is 0.939. The Morgan fingerprint density at radius 1 is 1.29 bits per heavy atom. The lowest BCUT2D eigenvalue weighted by Crippen LogP contribution is -1.92. The van der Waals surface area contributed by atoms with Gasteiger partial charge in [0.15, 0.2) is 0 Å². The van der Waals surface area contributed by atoms with Crippen molar-refractivity contribution in [2.45, 2.75) is 23.1 Å². The largest absolute Gasteiger partial charge is 0.389 e. The molecule has 0 aliphatic heterocycles. The smallest absolute Gasteiger partial charge is 0.116 e. The van der Waals surface area contributed by atoms with Gasteiger partial charge in [-0.1, -0.05) is 0 Å². The topological polar surface area (TPSA) is 46.0 Å². The van der Waals surface area contributed by atoms with E-state index in [1.165, 1.54) is 11.8 Å². The van der Waals surface area contributed by atoms with Crippen LogP contribution in [0.4, 0.5) is 0 Å². The lowest BCUT2D eigenvalue weighted by molar-refractivity contribution is 0.199. The average Bonchev–Trinajstić information content (AvgIpc) is 2.32. The van der Waals surface area contributed by atoms with Crippen molar-refractivity contribution in [3.8, 4) is 0 Å². The third-order valence-corrected chi connectivity index (χ3v) is 4.02. The van der Waals surface area contributed by atoms with Crippen LogP contribution < -0.4 is 0 Å². The van der Waals surface area contributed by atoms with E-state index in [-0.39, 0.29) is 0 Å². The summed E-state index contributed by atoms with van der Waals surface area (Å²) in [5.41, 5.74) is 0.856. The highest BCUT2D eigenvalue weighted by atomic mass is 79.9. The maximum absolute atomic E-state index is 9.51. The molecule has 0 spiro atoms. The van der Waals surface area contributed by atoms with Crippen molar-refractivity contribution in [2.24, 2.45) is 0 Å². The second kappa shape index (κ2) is 5.62. The molecule has 0 unspecified atom stereocenters. The zero-order valence-electron chi connectivity index (χ0n) is 9.17. The van der Waals surface area contributed by atoms with E-state index in [1.807, 2.05) is 24.3 Å². The number of aliphatic hydroxyl groups excluding tert-OH is 1. The molecule has 0 saturated carbocycles. The molecule has 2 rings (SSSR count). The van der Waals surface area contributed by atoms with Crippen molar-refractivity contribution < 1.29 is 5.11 Å². The molecule has 0 bridgehead atoms. The minimum atomic E-state index is -0.482. The summed E-state index contributed by atoms with van der Waals surface area (Å²) in [6.07, 6.45) is 2.96. The second-order valence-electron chi connectivity index (χ2n) is 3.50. The molecule has 0 aliphatic carbocycles. The van der Waals surface area contributed by atoms with Crippen LogP contribution in [-0.4, -0.2) is 15.1 Å². The van der Waals surface area contributed by atoms with Crippen LogP contribution in [0.2, 0.25) is 0 Å². The summed E-state index contributed by atoms with van der Waals surface area (Å²) in [5, 5.41) is 11.2. The molecular formula is C12H11BrN2OS. The molecule has 88 valence electrons. The van der Waals surface area contributed by atoms with Gasteiger partial charge in [-0.05, 0) is 64.4 Å². The van der Waals surface area contributed by atoms with Crippen molar-refractivity contribution in [3.63, 3.8) is 0 Å². The van der Waals surface area contributed by atoms with Crippen LogP contribution in [0.25, 0.3) is 0 Å². The molecule has 2 aromatic heterocycles. The average molecular weight is 311 g/mol. The first-order chi connectivity index (χ1) is 8.16. The van der Waals surface area contributed by atoms with Crippen LogP contribution in [0, 0.1) is 0 Å². The summed E-state index contributed by atoms with van der Waals surface area (Å²) in [5.74, 6) is 0. The Morgan fingerprint density at radius 2 is 2.12 bits per heavy atom. The van der Waals surface area contributed by atoms with E-state index in [0.29, 0.717) is 0 Å². The number of nitrogens with zero attached hydrogens (tertiary/aromatic N) is 2. The number of pyridine rings is 2. The number of aromatic nitrogens is 2. The van der Waals surface area contributed by atoms with Gasteiger partial charge in [0, 0.05) is 12.4 Å². The van der Waals surface area contributed by atoms with Crippen molar-refractivity contribution >= 4 is 27.7 Å². The number of aliphatic hydroxyl groups is 1. The van der Waals surface area contributed by atoms with Gasteiger partial charge in [-0.25, -0.2) is 9.97 Å². The molecule has 5 heteroatoms. The lowest BCUT2D eigenvalue weighted by atomic mass is 10.2. The Morgan fingerprint density at radius 3 is 2.82 bits per heavy atom. The van der Waals surface area contributed by atoms with Crippen LogP contribution in [0.3, 0.4) is 0 Å². The fourth-order valence-electron chi connectivity index (χ4n) is 1.29. The van der Waals surface area contributed by atoms with Crippen LogP contribution in [0.5, 0.6) is 0 Å². The molecular weight excluding hydrogens is 300 g/mol. The fraction of sp³-hybridized carbons (Fsp3) is 0.167. The summed E-state index contributed by atoms with van der Waals surface area (Å²) >= 11 is 4.91. The van der Waals surface area contributed by atoms with Gasteiger partial charge in [0.2, 0.25) is 0 Å². The Balaban J connectivity index is 2.25. The Hall–Kier alpha value is -0.910. The number of halogens is 1. The van der Waals surface area contributed by atoms with E-state index in [9.17, 15) is 5.11 Å². The van der Waals surface area contributed by atoms with E-state index in [4.69, 9.17) is 0 Å². The fourth-order valence-corrected chi connectivity index (χ4v) is 2.57. The van der Waals surface area contributed by atoms with E-state index in [1.54, 1.807) is 19.3 Å². The van der Waals surface area contributed by atoms with E-state index >= 15 is 0 Å². The monoisotopic (exact) mass is 310 g/mol. The SMILES string of the molecule is C[C@@H](O)c1ccnc(Sc2ncccc2Br)c1. The summed E-state index contributed by atoms with van der Waals surface area (Å²) in [6.45, 7) is 1.74. The van der Waals surface area contributed by atoms with Crippen LogP contribution in [0.1, 0.15) is 18.6 Å². The van der Waals surface area contributed by atoms with Crippen LogP contribution >= 0.6 is 27.7 Å². The third-order valence-electron chi connectivity index (χ3n) is 2.17. The molecule has 0 fully saturated rings. The van der Waals surface area contributed by atoms with E-state index in [0.717, 1.165) is 20.1 Å². The minimum Gasteiger partial charge on any atom is -0.389 e. The number of rotatable bonds is 3. The predicted molar refractivity (Wildman–Crippen MR) is 70.9 cm³/mol. The molecule has 0 radical (unpaired) electrons. The van der Waals surface area contributed by atoms with Gasteiger partial charge >= 0.3 is 0 Å². The quantitative estimate of drug-likeness (QED) is 0.943. The van der Waals surface area contributed by atoms with Gasteiger partial charge < -0.3 is 5.11 Å². The Kier molecular flexibility index (Phi) is 4.15. The van der Waals surface area contributed by atoms with E-state index in [2.05, 4.69) is 25.9 Å². The maximum Gasteiger partial charge on any atom is 0.116 e. The lowest BCUT2D eigenvalue weighted by Gasteiger charge is -2.06. The highest BCUT2D eigenvalue weighted by Crippen LogP contribution is 2.31. The molecule has 1 N–H and O–H groups in total. The van der Waals surface area contributed by atoms with Gasteiger partial charge in [0.05, 0.1) is 10.6 Å². The van der Waals surface area contributed by atoms with Crippen LogP contribution in [0.15, 0.2) is 51.2 Å². The van der Waals surface area contributed by atoms with E-state index < -0.39 is 6.10 Å². The second-order valence-corrected chi connectivity index (χ2v) is 5.36. The Labute approximate surface area is 112 Å². The maximum atomic E-state index is 9.51. The van der Waals surface area contributed by atoms with Crippen molar-refractivity contribution in [1.82, 2.24) is 9.97 Å². The van der Waals surface area contributed by atoms with Crippen LogP contribution in [-0.2, 0) is 0 Å². The first-order valence-corrected chi connectivity index (χ1v) is 6.70. The molecule has 3 nitrogen and oxygen atoms in total. The summed E-state index contributed by atoms with van der Waals surface area (Å²) in [7, 11) is 0. The zero-order chi connectivity index (χ0) is 12.3. The first-order valence-electron chi connectivity index (χ1n) is 5.09. The van der Waals surface area contributed by atoms with Crippen molar-refractivity contribution in [2.75, 3.05) is 0 Å². The normalized spacial score (nSPS) is 12.4. The molecule has 2 heterocycles. The molecule has 0 saturated heterocycles. The standard InChI is InChI=1S/C12H11BrN2OS/c1-8(16)9-4-6-14-11(7-9)17-12-10(13)3-2-5-15-12/h2-8,16H,1H3/t8-/m1/s1.